The number of hydrogen-bond acceptors (Lipinski definition) is 4. The van der Waals surface area contributed by atoms with Crippen molar-refractivity contribution in [3.63, 3.8) is 0 Å². The van der Waals surface area contributed by atoms with Gasteiger partial charge >= 0.3 is 0 Å². The number of hydrogen-bond donors (Lipinski definition) is 2. The van der Waals surface area contributed by atoms with Gasteiger partial charge < -0.3 is 5.73 Å². The second-order valence-corrected chi connectivity index (χ2v) is 4.83. The summed E-state index contributed by atoms with van der Waals surface area (Å²) in [6, 6.07) is 0. The topological polar surface area (TPSA) is 41.3 Å². The van der Waals surface area contributed by atoms with Crippen molar-refractivity contribution in [2.24, 2.45) is 5.73 Å². The summed E-state index contributed by atoms with van der Waals surface area (Å²) in [5.41, 5.74) is 9.40. The molecule has 1 aliphatic heterocycles. The van der Waals surface area contributed by atoms with Gasteiger partial charge in [0, 0.05) is 26.2 Å². The van der Waals surface area contributed by atoms with Gasteiger partial charge in [0.15, 0.2) is 0 Å². The average Bonchev–Trinajstić information content (AvgIpc) is 2.05. The largest absolute Gasteiger partial charge is 0.329 e. The van der Waals surface area contributed by atoms with Gasteiger partial charge in [-0.05, 0) is 24.3 Å². The molecule has 12 heavy (non-hydrogen) atoms. The molecule has 1 heterocycles. The maximum absolute atomic E-state index is 5.79. The Morgan fingerprint density at radius 3 is 2.42 bits per heavy atom. The predicted octanol–water partition coefficient (Wildman–Crippen LogP) is 0.277. The van der Waals surface area contributed by atoms with E-state index in [1.165, 1.54) is 24.3 Å². The van der Waals surface area contributed by atoms with Gasteiger partial charge in [-0.15, -0.1) is 0 Å². The molecule has 3 N–H and O–H groups in total. The summed E-state index contributed by atoms with van der Waals surface area (Å²) < 4.78 is 0. The number of nitrogens with two attached hydrogens (primary N) is 1. The molecule has 0 atom stereocenters. The number of hydrazine groups is 1. The van der Waals surface area contributed by atoms with Gasteiger partial charge in [-0.1, -0.05) is 0 Å². The van der Waals surface area contributed by atoms with Gasteiger partial charge in [0.1, 0.15) is 0 Å². The van der Waals surface area contributed by atoms with Gasteiger partial charge in [0.25, 0.3) is 0 Å². The lowest BCUT2D eigenvalue weighted by molar-refractivity contribution is 0.152. The van der Waals surface area contributed by atoms with E-state index in [4.69, 9.17) is 5.73 Å². The fourth-order valence-corrected chi connectivity index (χ4v) is 2.87. The Hall–Kier alpha value is 0.230. The smallest absolute Gasteiger partial charge is 0.0463 e. The standard InChI is InChI=1S/C8H19N3S/c1-11(2)10-8(7-9)3-5-12-6-4-8/h10H,3-7,9H2,1-2H3. The quantitative estimate of drug-likeness (QED) is 0.626. The highest BCUT2D eigenvalue weighted by atomic mass is 32.2. The van der Waals surface area contributed by atoms with Crippen molar-refractivity contribution in [1.29, 1.82) is 0 Å². The molecule has 72 valence electrons. The van der Waals surface area contributed by atoms with Crippen LogP contribution in [-0.2, 0) is 0 Å². The van der Waals surface area contributed by atoms with Crippen molar-refractivity contribution in [1.82, 2.24) is 10.4 Å². The van der Waals surface area contributed by atoms with Crippen LogP contribution >= 0.6 is 11.8 Å². The Morgan fingerprint density at radius 2 is 2.00 bits per heavy atom. The molecule has 0 saturated carbocycles. The molecular weight excluding hydrogens is 170 g/mol. The number of nitrogens with zero attached hydrogens (tertiary/aromatic N) is 1. The highest BCUT2D eigenvalue weighted by Gasteiger charge is 2.30. The van der Waals surface area contributed by atoms with E-state index in [1.54, 1.807) is 0 Å². The Balaban J connectivity index is 2.48. The molecule has 4 heteroatoms. The summed E-state index contributed by atoms with van der Waals surface area (Å²) in [5, 5.41) is 2.02. The van der Waals surface area contributed by atoms with Crippen LogP contribution in [0.4, 0.5) is 0 Å². The van der Waals surface area contributed by atoms with Crippen molar-refractivity contribution < 1.29 is 0 Å². The number of rotatable bonds is 3. The van der Waals surface area contributed by atoms with Gasteiger partial charge in [0.2, 0.25) is 0 Å². The second-order valence-electron chi connectivity index (χ2n) is 3.60. The summed E-state index contributed by atoms with van der Waals surface area (Å²) in [6.45, 7) is 0.742. The third kappa shape index (κ3) is 2.62. The van der Waals surface area contributed by atoms with Gasteiger partial charge in [0.05, 0.1) is 0 Å². The molecule has 0 aromatic heterocycles. The molecular formula is C8H19N3S. The van der Waals surface area contributed by atoms with Crippen molar-refractivity contribution >= 4 is 11.8 Å². The zero-order valence-electron chi connectivity index (χ0n) is 7.97. The van der Waals surface area contributed by atoms with E-state index < -0.39 is 0 Å². The van der Waals surface area contributed by atoms with Crippen LogP contribution < -0.4 is 11.2 Å². The summed E-state index contributed by atoms with van der Waals surface area (Å²) in [4.78, 5) is 0. The maximum atomic E-state index is 5.79. The highest BCUT2D eigenvalue weighted by Crippen LogP contribution is 2.25. The minimum Gasteiger partial charge on any atom is -0.329 e. The molecule has 3 nitrogen and oxygen atoms in total. The molecule has 1 fully saturated rings. The SMILES string of the molecule is CN(C)NC1(CN)CCSCC1. The normalized spacial score (nSPS) is 23.0. The van der Waals surface area contributed by atoms with Crippen molar-refractivity contribution in [2.75, 3.05) is 32.1 Å². The third-order valence-corrected chi connectivity index (χ3v) is 3.29. The first-order chi connectivity index (χ1) is 5.68. The lowest BCUT2D eigenvalue weighted by atomic mass is 9.93. The van der Waals surface area contributed by atoms with Crippen LogP contribution in [0.3, 0.4) is 0 Å². The molecule has 0 unspecified atom stereocenters. The van der Waals surface area contributed by atoms with Crippen LogP contribution in [0.1, 0.15) is 12.8 Å². The van der Waals surface area contributed by atoms with E-state index in [0.29, 0.717) is 0 Å². The molecule has 0 radical (unpaired) electrons. The number of nitrogens with one attached hydrogen (secondary N) is 1. The molecule has 0 aliphatic carbocycles. The Kier molecular flexibility index (Phi) is 3.83. The highest BCUT2D eigenvalue weighted by molar-refractivity contribution is 7.99. The zero-order valence-corrected chi connectivity index (χ0v) is 8.78. The molecule has 0 aromatic carbocycles. The van der Waals surface area contributed by atoms with Gasteiger partial charge in [-0.2, -0.15) is 11.8 Å². The van der Waals surface area contributed by atoms with Crippen LogP contribution in [-0.4, -0.2) is 42.7 Å². The fourth-order valence-electron chi connectivity index (χ4n) is 1.60. The van der Waals surface area contributed by atoms with E-state index in [1.807, 2.05) is 30.9 Å². The molecule has 1 saturated heterocycles. The zero-order chi connectivity index (χ0) is 9.03. The van der Waals surface area contributed by atoms with Gasteiger partial charge in [-0.25, -0.2) is 5.43 Å². The minimum atomic E-state index is 0.175. The first kappa shape index (κ1) is 10.3. The minimum absolute atomic E-state index is 0.175. The van der Waals surface area contributed by atoms with Crippen molar-refractivity contribution in [2.45, 2.75) is 18.4 Å². The van der Waals surface area contributed by atoms with Crippen LogP contribution in [0.5, 0.6) is 0 Å². The first-order valence-electron chi connectivity index (χ1n) is 4.41. The lowest BCUT2D eigenvalue weighted by Gasteiger charge is -2.39. The summed E-state index contributed by atoms with van der Waals surface area (Å²) >= 11 is 2.03. The van der Waals surface area contributed by atoms with Crippen molar-refractivity contribution in [3.05, 3.63) is 0 Å². The van der Waals surface area contributed by atoms with E-state index in [0.717, 1.165) is 6.54 Å². The van der Waals surface area contributed by atoms with E-state index in [-0.39, 0.29) is 5.54 Å². The molecule has 0 spiro atoms. The van der Waals surface area contributed by atoms with E-state index in [2.05, 4.69) is 5.43 Å². The molecule has 1 rings (SSSR count). The van der Waals surface area contributed by atoms with Crippen molar-refractivity contribution in [3.8, 4) is 0 Å². The number of thioether (sulfide) groups is 1. The Bertz CT molecular complexity index is 132. The lowest BCUT2D eigenvalue weighted by Crippen LogP contribution is -2.57. The van der Waals surface area contributed by atoms with Crippen LogP contribution in [0, 0.1) is 0 Å². The fraction of sp³-hybridized carbons (Fsp3) is 1.00. The third-order valence-electron chi connectivity index (χ3n) is 2.30. The van der Waals surface area contributed by atoms with E-state index in [9.17, 15) is 0 Å². The maximum Gasteiger partial charge on any atom is 0.0463 e. The first-order valence-corrected chi connectivity index (χ1v) is 5.57. The predicted molar refractivity (Wildman–Crippen MR) is 55.2 cm³/mol. The monoisotopic (exact) mass is 189 g/mol. The Labute approximate surface area is 79.0 Å². The second kappa shape index (κ2) is 4.46. The van der Waals surface area contributed by atoms with E-state index >= 15 is 0 Å². The summed E-state index contributed by atoms with van der Waals surface area (Å²) in [5.74, 6) is 2.47. The molecule has 0 aromatic rings. The van der Waals surface area contributed by atoms with Crippen LogP contribution in [0.2, 0.25) is 0 Å². The molecule has 0 bridgehead atoms. The summed E-state index contributed by atoms with van der Waals surface area (Å²) in [6.07, 6.45) is 2.37. The Morgan fingerprint density at radius 1 is 1.42 bits per heavy atom. The van der Waals surface area contributed by atoms with Crippen LogP contribution in [0.25, 0.3) is 0 Å². The average molecular weight is 189 g/mol. The van der Waals surface area contributed by atoms with Gasteiger partial charge in [-0.3, -0.25) is 5.01 Å². The molecule has 1 aliphatic rings. The molecule has 0 amide bonds. The summed E-state index contributed by atoms with van der Waals surface area (Å²) in [7, 11) is 4.05. The van der Waals surface area contributed by atoms with Crippen LogP contribution in [0.15, 0.2) is 0 Å².